The highest BCUT2D eigenvalue weighted by molar-refractivity contribution is 5.80. The molecule has 2 aliphatic rings. The molecule has 0 bridgehead atoms. The molecule has 4 N–H and O–H groups in total. The number of benzene rings is 2. The molecule has 186 valence electrons. The predicted octanol–water partition coefficient (Wildman–Crippen LogP) is 3.43. The largest absolute Gasteiger partial charge is 0.479 e. The molecule has 0 heterocycles. The molecule has 0 saturated heterocycles. The summed E-state index contributed by atoms with van der Waals surface area (Å²) in [5.74, 6) is -1.73. The van der Waals surface area contributed by atoms with E-state index in [-0.39, 0.29) is 31.4 Å². The monoisotopic (exact) mass is 480 g/mol. The minimum absolute atomic E-state index is 0.00119. The van der Waals surface area contributed by atoms with Gasteiger partial charge < -0.3 is 25.6 Å². The number of carboxylic acids is 1. The van der Waals surface area contributed by atoms with Crippen LogP contribution in [0, 0.1) is 5.92 Å². The molecule has 0 spiro atoms. The number of nitrogens with one attached hydrogen (secondary N) is 2. The Labute approximate surface area is 204 Å². The molecule has 1 fully saturated rings. The quantitative estimate of drug-likeness (QED) is 0.436. The van der Waals surface area contributed by atoms with Crippen molar-refractivity contribution in [3.05, 3.63) is 59.7 Å². The Morgan fingerprint density at radius 2 is 1.54 bits per heavy atom. The number of carboxylic acid groups (broad SMARTS) is 1. The van der Waals surface area contributed by atoms with Crippen LogP contribution in [0.3, 0.4) is 0 Å². The number of hydrogen-bond donors (Lipinski definition) is 4. The highest BCUT2D eigenvalue weighted by Crippen LogP contribution is 2.44. The third-order valence-electron chi connectivity index (χ3n) is 7.05. The Kier molecular flexibility index (Phi) is 8.02. The van der Waals surface area contributed by atoms with Crippen molar-refractivity contribution >= 4 is 18.0 Å². The van der Waals surface area contributed by atoms with Crippen LogP contribution in [-0.4, -0.2) is 53.5 Å². The summed E-state index contributed by atoms with van der Waals surface area (Å²) in [5, 5.41) is 23.6. The van der Waals surface area contributed by atoms with Crippen LogP contribution in [0.4, 0.5) is 4.79 Å². The SMILES string of the molecule is O=C(CC(NC(=O)OCC1c2ccccc2-c2ccccc21)C1CCCCC1)NCC(O)C(=O)O. The fraction of sp³-hybridized carbons (Fsp3) is 0.444. The molecule has 2 unspecified atom stereocenters. The molecule has 4 rings (SSSR count). The first kappa shape index (κ1) is 24.7. The van der Waals surface area contributed by atoms with Gasteiger partial charge in [0, 0.05) is 18.4 Å². The second-order valence-corrected chi connectivity index (χ2v) is 9.34. The van der Waals surface area contributed by atoms with Gasteiger partial charge in [-0.05, 0) is 41.0 Å². The Balaban J connectivity index is 1.38. The summed E-state index contributed by atoms with van der Waals surface area (Å²) >= 11 is 0. The van der Waals surface area contributed by atoms with Gasteiger partial charge in [-0.2, -0.15) is 0 Å². The number of aliphatic hydroxyl groups excluding tert-OH is 1. The van der Waals surface area contributed by atoms with Crippen molar-refractivity contribution in [3.63, 3.8) is 0 Å². The molecule has 2 amide bonds. The second-order valence-electron chi connectivity index (χ2n) is 9.34. The fourth-order valence-electron chi connectivity index (χ4n) is 5.23. The van der Waals surface area contributed by atoms with E-state index in [0.29, 0.717) is 0 Å². The molecule has 2 aliphatic carbocycles. The zero-order valence-corrected chi connectivity index (χ0v) is 19.6. The van der Waals surface area contributed by atoms with Gasteiger partial charge in [0.15, 0.2) is 6.10 Å². The van der Waals surface area contributed by atoms with Crippen LogP contribution in [0.1, 0.15) is 55.6 Å². The van der Waals surface area contributed by atoms with E-state index < -0.39 is 30.1 Å². The van der Waals surface area contributed by atoms with Crippen molar-refractivity contribution in [1.29, 1.82) is 0 Å². The van der Waals surface area contributed by atoms with E-state index in [4.69, 9.17) is 9.84 Å². The Bertz CT molecular complexity index is 1020. The first-order valence-electron chi connectivity index (χ1n) is 12.2. The first-order chi connectivity index (χ1) is 16.9. The zero-order valence-electron chi connectivity index (χ0n) is 19.6. The minimum atomic E-state index is -1.66. The number of ether oxygens (including phenoxy) is 1. The summed E-state index contributed by atoms with van der Waals surface area (Å²) in [5.41, 5.74) is 4.55. The summed E-state index contributed by atoms with van der Waals surface area (Å²) in [4.78, 5) is 36.1. The molecule has 0 radical (unpaired) electrons. The van der Waals surface area contributed by atoms with Gasteiger partial charge in [0.25, 0.3) is 0 Å². The van der Waals surface area contributed by atoms with Gasteiger partial charge in [-0.25, -0.2) is 9.59 Å². The molecular formula is C27H32N2O6. The number of rotatable bonds is 9. The number of carbonyl (C=O) groups excluding carboxylic acids is 2. The van der Waals surface area contributed by atoms with Crippen molar-refractivity contribution in [1.82, 2.24) is 10.6 Å². The topological polar surface area (TPSA) is 125 Å². The van der Waals surface area contributed by atoms with Crippen LogP contribution in [-0.2, 0) is 14.3 Å². The third kappa shape index (κ3) is 6.00. The van der Waals surface area contributed by atoms with Crippen LogP contribution >= 0.6 is 0 Å². The van der Waals surface area contributed by atoms with Gasteiger partial charge in [0.05, 0.1) is 6.54 Å². The molecule has 8 heteroatoms. The Morgan fingerprint density at radius 1 is 0.943 bits per heavy atom. The number of hydrogen-bond acceptors (Lipinski definition) is 5. The van der Waals surface area contributed by atoms with E-state index in [1.165, 1.54) is 0 Å². The molecule has 8 nitrogen and oxygen atoms in total. The van der Waals surface area contributed by atoms with E-state index >= 15 is 0 Å². The van der Waals surface area contributed by atoms with Crippen LogP contribution in [0.25, 0.3) is 11.1 Å². The first-order valence-corrected chi connectivity index (χ1v) is 12.2. The lowest BCUT2D eigenvalue weighted by Gasteiger charge is -2.30. The molecular weight excluding hydrogens is 448 g/mol. The molecule has 2 aromatic rings. The number of carbonyl (C=O) groups is 3. The Morgan fingerprint density at radius 3 is 2.14 bits per heavy atom. The van der Waals surface area contributed by atoms with Gasteiger partial charge >= 0.3 is 12.1 Å². The van der Waals surface area contributed by atoms with Crippen molar-refractivity contribution in [2.24, 2.45) is 5.92 Å². The highest BCUT2D eigenvalue weighted by Gasteiger charge is 2.31. The highest BCUT2D eigenvalue weighted by atomic mass is 16.5. The number of alkyl carbamates (subject to hydrolysis) is 1. The van der Waals surface area contributed by atoms with Crippen molar-refractivity contribution < 1.29 is 29.3 Å². The lowest BCUT2D eigenvalue weighted by atomic mass is 9.82. The van der Waals surface area contributed by atoms with E-state index in [1.807, 2.05) is 24.3 Å². The molecule has 2 atom stereocenters. The maximum Gasteiger partial charge on any atom is 0.407 e. The van der Waals surface area contributed by atoms with Gasteiger partial charge in [-0.1, -0.05) is 67.8 Å². The summed E-state index contributed by atoms with van der Waals surface area (Å²) in [6.45, 7) is -0.190. The maximum absolute atomic E-state index is 12.8. The summed E-state index contributed by atoms with van der Waals surface area (Å²) < 4.78 is 5.67. The van der Waals surface area contributed by atoms with Gasteiger partial charge in [0.1, 0.15) is 6.61 Å². The van der Waals surface area contributed by atoms with Crippen LogP contribution in [0.15, 0.2) is 48.5 Å². The van der Waals surface area contributed by atoms with E-state index in [9.17, 15) is 19.5 Å². The van der Waals surface area contributed by atoms with Gasteiger partial charge in [-0.3, -0.25) is 4.79 Å². The Hall–Kier alpha value is -3.39. The number of aliphatic hydroxyl groups is 1. The molecule has 2 aromatic carbocycles. The minimum Gasteiger partial charge on any atom is -0.479 e. The smallest absolute Gasteiger partial charge is 0.407 e. The third-order valence-corrected chi connectivity index (χ3v) is 7.05. The second kappa shape index (κ2) is 11.4. The van der Waals surface area contributed by atoms with Crippen molar-refractivity contribution in [2.75, 3.05) is 13.2 Å². The van der Waals surface area contributed by atoms with E-state index in [0.717, 1.165) is 54.4 Å². The predicted molar refractivity (Wildman–Crippen MR) is 130 cm³/mol. The van der Waals surface area contributed by atoms with E-state index in [2.05, 4.69) is 34.9 Å². The summed E-state index contributed by atoms with van der Waals surface area (Å²) in [7, 11) is 0. The molecule has 1 saturated carbocycles. The molecule has 35 heavy (non-hydrogen) atoms. The summed E-state index contributed by atoms with van der Waals surface area (Å²) in [6.07, 6.45) is 2.77. The molecule has 0 aliphatic heterocycles. The normalized spacial score (nSPS) is 17.1. The number of aliphatic carboxylic acids is 1. The number of fused-ring (bicyclic) bond motifs is 3. The average Bonchev–Trinajstić information content (AvgIpc) is 3.19. The van der Waals surface area contributed by atoms with E-state index in [1.54, 1.807) is 0 Å². The van der Waals surface area contributed by atoms with Gasteiger partial charge in [-0.15, -0.1) is 0 Å². The van der Waals surface area contributed by atoms with Crippen LogP contribution < -0.4 is 10.6 Å². The lowest BCUT2D eigenvalue weighted by molar-refractivity contribution is -0.146. The standard InChI is InChI=1S/C27H32N2O6/c30-24(26(32)33)15-28-25(31)14-23(17-8-2-1-3-9-17)29-27(34)35-16-22-20-12-6-4-10-18(20)19-11-5-7-13-21(19)22/h4-7,10-13,17,22-24,30H,1-3,8-9,14-16H2,(H,28,31)(H,29,34)(H,32,33). The number of amides is 2. The zero-order chi connectivity index (χ0) is 24.8. The van der Waals surface area contributed by atoms with Crippen molar-refractivity contribution in [2.45, 2.75) is 56.6 Å². The molecule has 0 aromatic heterocycles. The average molecular weight is 481 g/mol. The summed E-state index contributed by atoms with van der Waals surface area (Å²) in [6, 6.07) is 15.8. The van der Waals surface area contributed by atoms with Crippen molar-refractivity contribution in [3.8, 4) is 11.1 Å². The maximum atomic E-state index is 12.8. The van der Waals surface area contributed by atoms with Gasteiger partial charge in [0.2, 0.25) is 5.91 Å². The fourth-order valence-corrected chi connectivity index (χ4v) is 5.23. The lowest BCUT2D eigenvalue weighted by Crippen LogP contribution is -2.46. The van der Waals surface area contributed by atoms with Crippen LogP contribution in [0.2, 0.25) is 0 Å². The van der Waals surface area contributed by atoms with Crippen LogP contribution in [0.5, 0.6) is 0 Å².